The summed E-state index contributed by atoms with van der Waals surface area (Å²) in [6.45, 7) is 3.66. The molecule has 3 rings (SSSR count). The Balaban J connectivity index is 2.20. The highest BCUT2D eigenvalue weighted by Gasteiger charge is 2.29. The first-order chi connectivity index (χ1) is 11.1. The summed E-state index contributed by atoms with van der Waals surface area (Å²) in [5.41, 5.74) is 4.26. The number of phenolic OH excluding ortho intramolecular Hbond substituents is 1. The quantitative estimate of drug-likeness (QED) is 0.858. The van der Waals surface area contributed by atoms with E-state index in [4.69, 9.17) is 0 Å². The van der Waals surface area contributed by atoms with E-state index in [2.05, 4.69) is 0 Å². The highest BCUT2D eigenvalue weighted by molar-refractivity contribution is 6.00. The van der Waals surface area contributed by atoms with Crippen LogP contribution >= 0.6 is 0 Å². The van der Waals surface area contributed by atoms with Gasteiger partial charge in [0.25, 0.3) is 0 Å². The van der Waals surface area contributed by atoms with Gasteiger partial charge >= 0.3 is 0 Å². The summed E-state index contributed by atoms with van der Waals surface area (Å²) >= 11 is 0. The van der Waals surface area contributed by atoms with Crippen molar-refractivity contribution in [1.82, 2.24) is 0 Å². The van der Waals surface area contributed by atoms with Crippen molar-refractivity contribution < 1.29 is 14.7 Å². The summed E-state index contributed by atoms with van der Waals surface area (Å²) in [5, 5.41) is 10.2. The number of Topliss-reactive ketones (excluding diaryl/α,β-unsaturated/α-hetero) is 2. The summed E-state index contributed by atoms with van der Waals surface area (Å²) in [6.07, 6.45) is 1.42. The molecule has 0 aromatic heterocycles. The molecular formula is C20H20O3. The maximum absolute atomic E-state index is 12.3. The largest absolute Gasteiger partial charge is 0.507 e. The molecule has 0 saturated heterocycles. The van der Waals surface area contributed by atoms with Gasteiger partial charge in [-0.15, -0.1) is 0 Å². The SMILES string of the molecule is CCC(=O)c1cc2c(cc1O)C[C@@H](C(=O)CC)c1ccccc1-2. The van der Waals surface area contributed by atoms with Gasteiger partial charge < -0.3 is 5.11 Å². The number of phenols is 1. The number of hydrogen-bond donors (Lipinski definition) is 1. The Morgan fingerprint density at radius 1 is 1.09 bits per heavy atom. The zero-order chi connectivity index (χ0) is 16.6. The smallest absolute Gasteiger partial charge is 0.166 e. The van der Waals surface area contributed by atoms with Gasteiger partial charge in [0.15, 0.2) is 5.78 Å². The maximum atomic E-state index is 12.3. The van der Waals surface area contributed by atoms with Crippen LogP contribution in [0.3, 0.4) is 0 Å². The van der Waals surface area contributed by atoms with Gasteiger partial charge in [-0.2, -0.15) is 0 Å². The van der Waals surface area contributed by atoms with Crippen LogP contribution in [0.2, 0.25) is 0 Å². The predicted octanol–water partition coefficient (Wildman–Crippen LogP) is 4.27. The van der Waals surface area contributed by atoms with E-state index >= 15 is 0 Å². The van der Waals surface area contributed by atoms with Crippen LogP contribution in [0.4, 0.5) is 0 Å². The highest BCUT2D eigenvalue weighted by atomic mass is 16.3. The second kappa shape index (κ2) is 5.99. The second-order valence-corrected chi connectivity index (χ2v) is 5.97. The maximum Gasteiger partial charge on any atom is 0.166 e. The van der Waals surface area contributed by atoms with Gasteiger partial charge in [-0.25, -0.2) is 0 Å². The molecule has 2 aromatic carbocycles. The summed E-state index contributed by atoms with van der Waals surface area (Å²) in [6, 6.07) is 11.3. The topological polar surface area (TPSA) is 54.4 Å². The van der Waals surface area contributed by atoms with Crippen LogP contribution in [0.15, 0.2) is 36.4 Å². The molecule has 0 fully saturated rings. The van der Waals surface area contributed by atoms with Crippen LogP contribution in [0.25, 0.3) is 11.1 Å². The Bertz CT molecular complexity index is 789. The third-order valence-corrected chi connectivity index (χ3v) is 4.63. The van der Waals surface area contributed by atoms with Crippen LogP contribution in [0, 0.1) is 0 Å². The fourth-order valence-electron chi connectivity index (χ4n) is 3.37. The number of ketones is 2. The number of fused-ring (bicyclic) bond motifs is 3. The molecule has 1 aliphatic carbocycles. The lowest BCUT2D eigenvalue weighted by Crippen LogP contribution is -2.19. The minimum atomic E-state index is -0.171. The molecule has 1 N–H and O–H groups in total. The number of aromatic hydroxyl groups is 1. The lowest BCUT2D eigenvalue weighted by molar-refractivity contribution is -0.120. The third-order valence-electron chi connectivity index (χ3n) is 4.63. The molecule has 3 heteroatoms. The molecule has 0 aliphatic heterocycles. The average Bonchev–Trinajstić information content (AvgIpc) is 2.59. The molecule has 3 nitrogen and oxygen atoms in total. The van der Waals surface area contributed by atoms with Crippen molar-refractivity contribution in [3.63, 3.8) is 0 Å². The lowest BCUT2D eigenvalue weighted by Gasteiger charge is -2.27. The minimum Gasteiger partial charge on any atom is -0.507 e. The Labute approximate surface area is 136 Å². The van der Waals surface area contributed by atoms with Crippen LogP contribution < -0.4 is 0 Å². The van der Waals surface area contributed by atoms with Gasteiger partial charge in [-0.05, 0) is 40.8 Å². The molecule has 2 aromatic rings. The number of carbonyl (C=O) groups excluding carboxylic acids is 2. The van der Waals surface area contributed by atoms with E-state index in [0.29, 0.717) is 24.8 Å². The van der Waals surface area contributed by atoms with Crippen LogP contribution in [-0.2, 0) is 11.2 Å². The van der Waals surface area contributed by atoms with Crippen LogP contribution in [0.5, 0.6) is 5.75 Å². The van der Waals surface area contributed by atoms with E-state index < -0.39 is 0 Å². The highest BCUT2D eigenvalue weighted by Crippen LogP contribution is 2.42. The van der Waals surface area contributed by atoms with Gasteiger partial charge in [0.2, 0.25) is 0 Å². The molecule has 118 valence electrons. The first-order valence-corrected chi connectivity index (χ1v) is 8.07. The standard InChI is InChI=1S/C20H20O3/c1-3-18(21)16-9-12-10-20(23)17(19(22)4-2)11-15(12)13-7-5-6-8-14(13)16/h5-8,10-11,16,23H,3-4,9H2,1-2H3/t16-/m1/s1. The zero-order valence-electron chi connectivity index (χ0n) is 13.4. The van der Waals surface area contributed by atoms with Crippen molar-refractivity contribution in [2.45, 2.75) is 39.0 Å². The van der Waals surface area contributed by atoms with E-state index in [0.717, 1.165) is 22.3 Å². The van der Waals surface area contributed by atoms with Crippen molar-refractivity contribution in [2.75, 3.05) is 0 Å². The van der Waals surface area contributed by atoms with Crippen molar-refractivity contribution in [3.05, 3.63) is 53.1 Å². The first kappa shape index (κ1) is 15.5. The van der Waals surface area contributed by atoms with Gasteiger partial charge in [-0.3, -0.25) is 9.59 Å². The van der Waals surface area contributed by atoms with E-state index in [1.54, 1.807) is 19.1 Å². The Hall–Kier alpha value is -2.42. The molecule has 1 aliphatic rings. The van der Waals surface area contributed by atoms with E-state index in [1.807, 2.05) is 31.2 Å². The van der Waals surface area contributed by atoms with Crippen LogP contribution in [-0.4, -0.2) is 16.7 Å². The zero-order valence-corrected chi connectivity index (χ0v) is 13.4. The molecule has 0 spiro atoms. The molecule has 0 heterocycles. The van der Waals surface area contributed by atoms with Gasteiger partial charge in [0.1, 0.15) is 11.5 Å². The average molecular weight is 308 g/mol. The summed E-state index contributed by atoms with van der Waals surface area (Å²) in [5.74, 6) is -0.0284. The molecule has 0 bridgehead atoms. The second-order valence-electron chi connectivity index (χ2n) is 5.97. The molecule has 0 radical (unpaired) electrons. The lowest BCUT2D eigenvalue weighted by atomic mass is 9.75. The molecular weight excluding hydrogens is 288 g/mol. The fraction of sp³-hybridized carbons (Fsp3) is 0.300. The number of benzene rings is 2. The molecule has 0 amide bonds. The molecule has 0 saturated carbocycles. The summed E-state index contributed by atoms with van der Waals surface area (Å²) in [4.78, 5) is 24.4. The number of carbonyl (C=O) groups is 2. The Kier molecular flexibility index (Phi) is 4.03. The molecule has 0 unspecified atom stereocenters. The monoisotopic (exact) mass is 308 g/mol. The van der Waals surface area contributed by atoms with E-state index in [1.165, 1.54) is 0 Å². The summed E-state index contributed by atoms with van der Waals surface area (Å²) < 4.78 is 0. The van der Waals surface area contributed by atoms with E-state index in [9.17, 15) is 14.7 Å². The fourth-order valence-corrected chi connectivity index (χ4v) is 3.37. The Morgan fingerprint density at radius 3 is 2.52 bits per heavy atom. The van der Waals surface area contributed by atoms with Crippen LogP contribution in [0.1, 0.15) is 54.1 Å². The van der Waals surface area contributed by atoms with Crippen molar-refractivity contribution in [1.29, 1.82) is 0 Å². The van der Waals surface area contributed by atoms with Gasteiger partial charge in [0, 0.05) is 18.8 Å². The third kappa shape index (κ3) is 2.56. The van der Waals surface area contributed by atoms with E-state index in [-0.39, 0.29) is 23.2 Å². The Morgan fingerprint density at radius 2 is 1.83 bits per heavy atom. The molecule has 23 heavy (non-hydrogen) atoms. The first-order valence-electron chi connectivity index (χ1n) is 8.07. The summed E-state index contributed by atoms with van der Waals surface area (Å²) in [7, 11) is 0. The van der Waals surface area contributed by atoms with Crippen molar-refractivity contribution in [3.8, 4) is 16.9 Å². The van der Waals surface area contributed by atoms with Crippen molar-refractivity contribution in [2.24, 2.45) is 0 Å². The minimum absolute atomic E-state index is 0.0117. The van der Waals surface area contributed by atoms with Crippen molar-refractivity contribution >= 4 is 11.6 Å². The van der Waals surface area contributed by atoms with Gasteiger partial charge in [-0.1, -0.05) is 38.1 Å². The van der Waals surface area contributed by atoms with Gasteiger partial charge in [0.05, 0.1) is 5.56 Å². The number of hydrogen-bond acceptors (Lipinski definition) is 3. The normalized spacial score (nSPS) is 15.7. The molecule has 1 atom stereocenters. The predicted molar refractivity (Wildman–Crippen MR) is 89.9 cm³/mol. The number of rotatable bonds is 4.